The van der Waals surface area contributed by atoms with Crippen LogP contribution in [0, 0.1) is 27.3 Å². The first kappa shape index (κ1) is 16.7. The fraction of sp³-hybridized carbons (Fsp3) is 0.226. The first-order valence-electron chi connectivity index (χ1n) is 13.7. The minimum atomic E-state index is -2.57. The summed E-state index contributed by atoms with van der Waals surface area (Å²) in [5.41, 5.74) is 7.29. The Kier molecular flexibility index (Phi) is 4.00. The lowest BCUT2D eigenvalue weighted by Crippen LogP contribution is -2.37. The van der Waals surface area contributed by atoms with Gasteiger partial charge in [0.25, 0.3) is 0 Å². The Morgan fingerprint density at radius 1 is 1.09 bits per heavy atom. The molecule has 0 bridgehead atoms. The second kappa shape index (κ2) is 8.15. The Morgan fingerprint density at radius 3 is 2.56 bits per heavy atom. The third kappa shape index (κ3) is 3.30. The van der Waals surface area contributed by atoms with Crippen molar-refractivity contribution in [2.75, 3.05) is 0 Å². The molecule has 2 aromatic heterocycles. The lowest BCUT2D eigenvalue weighted by molar-refractivity contribution is -0.667. The van der Waals surface area contributed by atoms with Crippen molar-refractivity contribution in [2.45, 2.75) is 40.4 Å². The highest BCUT2D eigenvalue weighted by molar-refractivity contribution is 6.17. The molecule has 168 valence electrons. The molecule has 0 amide bonds. The predicted octanol–water partition coefficient (Wildman–Crippen LogP) is 8.34. The zero-order chi connectivity index (χ0) is 28.4. The molecular formula is C31H29N2O+. The third-order valence-electron chi connectivity index (χ3n) is 6.63. The van der Waals surface area contributed by atoms with Crippen LogP contribution in [0.3, 0.4) is 0 Å². The van der Waals surface area contributed by atoms with E-state index in [1.165, 1.54) is 6.92 Å². The molecule has 5 aromatic rings. The standard InChI is InChI=1S/C31H29N2O/c1-18(2)28-20(4)16-26(33(7)21(28)5)29-19(3)15-25(22-11-9-8-10-12-22)30-24-14-13-23(32-6)17-27(24)34-31(29)30/h8-18H,1-5,7H3/q+1/i1D3,16D,18D. The Bertz CT molecular complexity index is 1800. The maximum absolute atomic E-state index is 9.21. The van der Waals surface area contributed by atoms with Crippen LogP contribution in [0.15, 0.2) is 65.1 Å². The number of aryl methyl sites for hydroxylation is 1. The van der Waals surface area contributed by atoms with Crippen molar-refractivity contribution in [1.82, 2.24) is 0 Å². The van der Waals surface area contributed by atoms with Gasteiger partial charge in [0, 0.05) is 34.8 Å². The van der Waals surface area contributed by atoms with Crippen molar-refractivity contribution in [2.24, 2.45) is 7.05 Å². The molecule has 5 rings (SSSR count). The van der Waals surface area contributed by atoms with Gasteiger partial charge in [0.05, 0.1) is 13.5 Å². The summed E-state index contributed by atoms with van der Waals surface area (Å²) in [5.74, 6) is -1.88. The van der Waals surface area contributed by atoms with E-state index >= 15 is 0 Å². The van der Waals surface area contributed by atoms with Crippen molar-refractivity contribution >= 4 is 27.6 Å². The summed E-state index contributed by atoms with van der Waals surface area (Å²) in [5, 5.41) is 1.76. The number of pyridine rings is 1. The maximum Gasteiger partial charge on any atom is 0.216 e. The number of hydrogen-bond acceptors (Lipinski definition) is 1. The molecule has 0 saturated heterocycles. The topological polar surface area (TPSA) is 21.4 Å². The van der Waals surface area contributed by atoms with E-state index in [0.29, 0.717) is 39.4 Å². The average Bonchev–Trinajstić information content (AvgIpc) is 3.26. The molecule has 0 radical (unpaired) electrons. The number of furan rings is 1. The van der Waals surface area contributed by atoms with E-state index in [9.17, 15) is 1.37 Å². The Balaban J connectivity index is 1.94. The highest BCUT2D eigenvalue weighted by atomic mass is 16.3. The van der Waals surface area contributed by atoms with E-state index in [1.807, 2.05) is 47.9 Å². The van der Waals surface area contributed by atoms with Gasteiger partial charge in [-0.2, -0.15) is 4.57 Å². The van der Waals surface area contributed by atoms with Gasteiger partial charge in [-0.1, -0.05) is 56.2 Å². The summed E-state index contributed by atoms with van der Waals surface area (Å²) >= 11 is 0. The minimum absolute atomic E-state index is 0.153. The minimum Gasteiger partial charge on any atom is -0.456 e. The predicted molar refractivity (Wildman–Crippen MR) is 140 cm³/mol. The molecule has 0 fully saturated rings. The lowest BCUT2D eigenvalue weighted by atomic mass is 9.90. The van der Waals surface area contributed by atoms with Crippen molar-refractivity contribution in [3.8, 4) is 22.4 Å². The molecule has 3 nitrogen and oxygen atoms in total. The smallest absolute Gasteiger partial charge is 0.216 e. The normalized spacial score (nSPS) is 15.7. The van der Waals surface area contributed by atoms with Crippen LogP contribution in [0.25, 0.3) is 49.2 Å². The highest BCUT2D eigenvalue weighted by Crippen LogP contribution is 2.44. The van der Waals surface area contributed by atoms with Crippen LogP contribution in [0.5, 0.6) is 0 Å². The number of aromatic nitrogens is 1. The fourth-order valence-electron chi connectivity index (χ4n) is 4.99. The van der Waals surface area contributed by atoms with Crippen LogP contribution in [-0.2, 0) is 7.05 Å². The molecule has 2 heterocycles. The molecule has 1 unspecified atom stereocenters. The monoisotopic (exact) mass is 450 g/mol. The van der Waals surface area contributed by atoms with Gasteiger partial charge in [-0.3, -0.25) is 0 Å². The molecule has 0 N–H and O–H groups in total. The first-order chi connectivity index (χ1) is 18.3. The van der Waals surface area contributed by atoms with Gasteiger partial charge >= 0.3 is 0 Å². The van der Waals surface area contributed by atoms with Crippen LogP contribution in [0.4, 0.5) is 5.69 Å². The molecule has 0 aliphatic rings. The second-order valence-corrected chi connectivity index (χ2v) is 8.82. The third-order valence-corrected chi connectivity index (χ3v) is 6.63. The summed E-state index contributed by atoms with van der Waals surface area (Å²) in [7, 11) is 1.80. The quantitative estimate of drug-likeness (QED) is 0.200. The molecule has 0 aliphatic carbocycles. The molecule has 3 aromatic carbocycles. The van der Waals surface area contributed by atoms with Gasteiger partial charge < -0.3 is 4.42 Å². The Hall–Kier alpha value is -3.90. The van der Waals surface area contributed by atoms with Gasteiger partial charge in [-0.05, 0) is 54.1 Å². The number of fused-ring (bicyclic) bond motifs is 3. The zero-order valence-electron chi connectivity index (χ0n) is 25.0. The van der Waals surface area contributed by atoms with E-state index in [-0.39, 0.29) is 6.04 Å². The van der Waals surface area contributed by atoms with Gasteiger partial charge in [0.15, 0.2) is 11.4 Å². The molecule has 0 aliphatic heterocycles. The van der Waals surface area contributed by atoms with Crippen LogP contribution >= 0.6 is 0 Å². The summed E-state index contributed by atoms with van der Waals surface area (Å²) in [6.45, 7) is 11.8. The van der Waals surface area contributed by atoms with Crippen LogP contribution < -0.4 is 4.57 Å². The molecular weight excluding hydrogens is 416 g/mol. The molecule has 0 spiro atoms. The molecule has 0 saturated carbocycles. The largest absolute Gasteiger partial charge is 0.456 e. The van der Waals surface area contributed by atoms with Crippen molar-refractivity contribution in [1.29, 1.82) is 0 Å². The maximum atomic E-state index is 9.21. The Morgan fingerprint density at radius 2 is 1.85 bits per heavy atom. The van der Waals surface area contributed by atoms with Gasteiger partial charge in [-0.15, -0.1) is 0 Å². The van der Waals surface area contributed by atoms with Crippen molar-refractivity contribution in [3.05, 3.63) is 94.4 Å². The van der Waals surface area contributed by atoms with Crippen LogP contribution in [0.1, 0.15) is 48.9 Å². The van der Waals surface area contributed by atoms with E-state index in [4.69, 9.17) is 16.5 Å². The van der Waals surface area contributed by atoms with E-state index in [0.717, 1.165) is 33.0 Å². The van der Waals surface area contributed by atoms with Crippen LogP contribution in [0.2, 0.25) is 0 Å². The lowest BCUT2D eigenvalue weighted by Gasteiger charge is -2.16. The first-order valence-corrected chi connectivity index (χ1v) is 11.2. The summed E-state index contributed by atoms with van der Waals surface area (Å²) < 4.78 is 50.3. The SMILES string of the molecule is [2H]c1c(C)c(C([2H])(C)C([2H])([2H])[2H])c(C)[n+](C)c1-c1c(C)cc(-c2ccccc2)c2c1oc1cc([N+]#[C-])ccc12. The summed E-state index contributed by atoms with van der Waals surface area (Å²) in [4.78, 5) is 3.57. The van der Waals surface area contributed by atoms with E-state index < -0.39 is 12.7 Å². The average molecular weight is 451 g/mol. The van der Waals surface area contributed by atoms with E-state index in [1.54, 1.807) is 33.0 Å². The highest BCUT2D eigenvalue weighted by Gasteiger charge is 2.27. The summed E-state index contributed by atoms with van der Waals surface area (Å²) in [6, 6.07) is 17.7. The number of hydrogen-bond donors (Lipinski definition) is 0. The van der Waals surface area contributed by atoms with Crippen molar-refractivity contribution in [3.63, 3.8) is 0 Å². The molecule has 34 heavy (non-hydrogen) atoms. The van der Waals surface area contributed by atoms with Gasteiger partial charge in [0.2, 0.25) is 5.69 Å². The van der Waals surface area contributed by atoms with E-state index in [2.05, 4.69) is 10.9 Å². The van der Waals surface area contributed by atoms with Gasteiger partial charge in [-0.25, -0.2) is 4.85 Å². The Labute approximate surface area is 208 Å². The van der Waals surface area contributed by atoms with Crippen LogP contribution in [-0.4, -0.2) is 0 Å². The number of nitrogens with zero attached hydrogens (tertiary/aromatic N) is 2. The van der Waals surface area contributed by atoms with Gasteiger partial charge in [0.1, 0.15) is 18.2 Å². The molecule has 3 heteroatoms. The number of benzene rings is 3. The fourth-order valence-corrected chi connectivity index (χ4v) is 4.99. The van der Waals surface area contributed by atoms with Crippen molar-refractivity contribution < 1.29 is 15.8 Å². The zero-order valence-corrected chi connectivity index (χ0v) is 20.0. The summed E-state index contributed by atoms with van der Waals surface area (Å²) in [6.07, 6.45) is 0. The number of rotatable bonds is 3. The second-order valence-electron chi connectivity index (χ2n) is 8.82. The molecule has 1 atom stereocenters.